The van der Waals surface area contributed by atoms with Crippen LogP contribution in [0.1, 0.15) is 43.8 Å². The first-order valence-electron chi connectivity index (χ1n) is 10.7. The van der Waals surface area contributed by atoms with Gasteiger partial charge in [0.05, 0.1) is 49.3 Å². The van der Waals surface area contributed by atoms with Crippen molar-refractivity contribution in [1.29, 1.82) is 0 Å². The summed E-state index contributed by atoms with van der Waals surface area (Å²) >= 11 is 0. The molecule has 1 atom stereocenters. The Hall–Kier alpha value is -3.68. The number of rotatable bonds is 5. The van der Waals surface area contributed by atoms with Crippen molar-refractivity contribution in [3.8, 4) is 11.4 Å². The number of nitrogens with zero attached hydrogens (tertiary/aromatic N) is 4. The van der Waals surface area contributed by atoms with E-state index in [9.17, 15) is 9.18 Å². The maximum Gasteiger partial charge on any atom is 0.289 e. The van der Waals surface area contributed by atoms with E-state index < -0.39 is 11.4 Å². The van der Waals surface area contributed by atoms with Gasteiger partial charge in [0.2, 0.25) is 0 Å². The minimum Gasteiger partial charge on any atom is -0.495 e. The second-order valence-electron chi connectivity index (χ2n) is 8.73. The van der Waals surface area contributed by atoms with Gasteiger partial charge in [-0.05, 0) is 63.6 Å². The summed E-state index contributed by atoms with van der Waals surface area (Å²) in [5, 5.41) is 0. The minimum atomic E-state index is -0.605. The summed E-state index contributed by atoms with van der Waals surface area (Å²) in [6.45, 7) is 8.03. The maximum atomic E-state index is 13.3. The average Bonchev–Trinajstić information content (AvgIpc) is 3.21. The van der Waals surface area contributed by atoms with Crippen molar-refractivity contribution in [2.75, 3.05) is 13.7 Å². The molecule has 1 aliphatic heterocycles. The third-order valence-electron chi connectivity index (χ3n) is 5.55. The molecule has 1 saturated heterocycles. The molecule has 4 rings (SSSR count). The Morgan fingerprint density at radius 1 is 1.24 bits per heavy atom. The van der Waals surface area contributed by atoms with Gasteiger partial charge >= 0.3 is 0 Å². The predicted molar refractivity (Wildman–Crippen MR) is 122 cm³/mol. The molecule has 8 heteroatoms. The summed E-state index contributed by atoms with van der Waals surface area (Å²) in [5.74, 6) is 0.211. The summed E-state index contributed by atoms with van der Waals surface area (Å²) < 4.78 is 26.8. The number of halogens is 1. The first kappa shape index (κ1) is 22.5. The number of hydrogen-bond donors (Lipinski definition) is 0. The molecule has 0 aliphatic carbocycles. The maximum absolute atomic E-state index is 13.3. The number of amides is 1. The highest BCUT2D eigenvalue weighted by molar-refractivity contribution is 5.97. The summed E-state index contributed by atoms with van der Waals surface area (Å²) in [6, 6.07) is 8.26. The highest BCUT2D eigenvalue weighted by Gasteiger charge is 2.39. The Bertz CT molecular complexity index is 1200. The van der Waals surface area contributed by atoms with Gasteiger partial charge in [0, 0.05) is 6.20 Å². The lowest BCUT2D eigenvalue weighted by Gasteiger charge is -2.42. The van der Waals surface area contributed by atoms with E-state index in [1.165, 1.54) is 6.07 Å². The number of pyridine rings is 1. The molecule has 0 N–H and O–H groups in total. The standard InChI is InChI=1S/C25H27FN4O3/c1-16-13-29(15-28-16)21-9-6-18(10-22(21)32-5)11-23-24(31)30(14-25(3,4)33-23)17(2)20-8-7-19(26)12-27-20/h6-13,15,17H,14H2,1-5H3/b23-11-/t17-/m0/s1. The summed E-state index contributed by atoms with van der Waals surface area (Å²) in [4.78, 5) is 23.5. The van der Waals surface area contributed by atoms with E-state index in [4.69, 9.17) is 9.47 Å². The van der Waals surface area contributed by atoms with Gasteiger partial charge in [0.1, 0.15) is 17.2 Å². The first-order chi connectivity index (χ1) is 15.7. The monoisotopic (exact) mass is 450 g/mol. The van der Waals surface area contributed by atoms with Crippen LogP contribution < -0.4 is 4.74 Å². The average molecular weight is 451 g/mol. The van der Waals surface area contributed by atoms with Crippen molar-refractivity contribution in [2.45, 2.75) is 39.3 Å². The van der Waals surface area contributed by atoms with Crippen LogP contribution in [0.15, 0.2) is 54.8 Å². The minimum absolute atomic E-state index is 0.230. The van der Waals surface area contributed by atoms with E-state index in [0.717, 1.165) is 23.1 Å². The Labute approximate surface area is 192 Å². The van der Waals surface area contributed by atoms with E-state index in [1.54, 1.807) is 30.5 Å². The largest absolute Gasteiger partial charge is 0.495 e. The van der Waals surface area contributed by atoms with Gasteiger partial charge in [0.15, 0.2) is 5.76 Å². The number of hydrogen-bond acceptors (Lipinski definition) is 5. The van der Waals surface area contributed by atoms with Crippen molar-refractivity contribution in [1.82, 2.24) is 19.4 Å². The molecule has 2 aromatic heterocycles. The molecule has 0 saturated carbocycles. The molecule has 0 radical (unpaired) electrons. The van der Waals surface area contributed by atoms with E-state index in [1.807, 2.05) is 56.7 Å². The lowest BCUT2D eigenvalue weighted by atomic mass is 10.0. The van der Waals surface area contributed by atoms with Crippen LogP contribution in [-0.2, 0) is 9.53 Å². The smallest absolute Gasteiger partial charge is 0.289 e. The van der Waals surface area contributed by atoms with Gasteiger partial charge < -0.3 is 18.9 Å². The van der Waals surface area contributed by atoms with Crippen molar-refractivity contribution in [3.63, 3.8) is 0 Å². The predicted octanol–water partition coefficient (Wildman–Crippen LogP) is 4.46. The third kappa shape index (κ3) is 4.74. The normalized spacial score (nSPS) is 17.7. The van der Waals surface area contributed by atoms with Gasteiger partial charge in [-0.2, -0.15) is 0 Å². The van der Waals surface area contributed by atoms with Crippen LogP contribution >= 0.6 is 0 Å². The Morgan fingerprint density at radius 2 is 2.03 bits per heavy atom. The van der Waals surface area contributed by atoms with Crippen LogP contribution in [0.2, 0.25) is 0 Å². The van der Waals surface area contributed by atoms with Crippen LogP contribution in [0.4, 0.5) is 4.39 Å². The van der Waals surface area contributed by atoms with Crippen LogP contribution in [-0.4, -0.2) is 44.6 Å². The van der Waals surface area contributed by atoms with Crippen LogP contribution in [0.5, 0.6) is 5.75 Å². The molecule has 1 aromatic carbocycles. The molecule has 1 fully saturated rings. The number of ether oxygens (including phenoxy) is 2. The number of imidazole rings is 1. The number of methoxy groups -OCH3 is 1. The van der Waals surface area contributed by atoms with Crippen LogP contribution in [0.25, 0.3) is 11.8 Å². The van der Waals surface area contributed by atoms with Gasteiger partial charge in [-0.25, -0.2) is 9.37 Å². The Kier molecular flexibility index (Phi) is 5.93. The SMILES string of the molecule is COc1cc(/C=C2\OC(C)(C)CN([C@@H](C)c3ccc(F)cn3)C2=O)ccc1-n1cnc(C)c1. The first-order valence-corrected chi connectivity index (χ1v) is 10.7. The lowest BCUT2D eigenvalue weighted by molar-refractivity contribution is -0.149. The quantitative estimate of drug-likeness (QED) is 0.537. The topological polar surface area (TPSA) is 69.5 Å². The highest BCUT2D eigenvalue weighted by atomic mass is 19.1. The zero-order valence-corrected chi connectivity index (χ0v) is 19.4. The molecule has 7 nitrogen and oxygen atoms in total. The zero-order chi connectivity index (χ0) is 23.8. The second kappa shape index (κ2) is 8.69. The van der Waals surface area contributed by atoms with Crippen molar-refractivity contribution >= 4 is 12.0 Å². The molecule has 0 bridgehead atoms. The van der Waals surface area contributed by atoms with Gasteiger partial charge in [-0.15, -0.1) is 0 Å². The molecule has 3 aromatic rings. The molecule has 33 heavy (non-hydrogen) atoms. The molecule has 172 valence electrons. The number of aromatic nitrogens is 3. The molecular weight excluding hydrogens is 423 g/mol. The fraction of sp³-hybridized carbons (Fsp3) is 0.320. The molecule has 0 spiro atoms. The van der Waals surface area contributed by atoms with Crippen molar-refractivity contribution in [3.05, 3.63) is 77.6 Å². The number of carbonyl (C=O) groups is 1. The number of benzene rings is 1. The Balaban J connectivity index is 1.66. The van der Waals surface area contributed by atoms with Gasteiger partial charge in [-0.3, -0.25) is 9.78 Å². The van der Waals surface area contributed by atoms with Crippen molar-refractivity contribution in [2.24, 2.45) is 0 Å². The summed E-state index contributed by atoms with van der Waals surface area (Å²) in [6.07, 6.45) is 6.51. The molecule has 1 aliphatic rings. The molecule has 0 unspecified atom stereocenters. The number of aryl methyl sites for hydroxylation is 1. The fourth-order valence-electron chi connectivity index (χ4n) is 3.90. The van der Waals surface area contributed by atoms with Crippen molar-refractivity contribution < 1.29 is 18.7 Å². The second-order valence-corrected chi connectivity index (χ2v) is 8.73. The van der Waals surface area contributed by atoms with Gasteiger partial charge in [-0.1, -0.05) is 6.07 Å². The molecular formula is C25H27FN4O3. The fourth-order valence-corrected chi connectivity index (χ4v) is 3.90. The zero-order valence-electron chi connectivity index (χ0n) is 19.4. The highest BCUT2D eigenvalue weighted by Crippen LogP contribution is 2.33. The summed E-state index contributed by atoms with van der Waals surface area (Å²) in [7, 11) is 1.60. The van der Waals surface area contributed by atoms with E-state index >= 15 is 0 Å². The van der Waals surface area contributed by atoms with E-state index in [-0.39, 0.29) is 17.7 Å². The van der Waals surface area contributed by atoms with E-state index in [0.29, 0.717) is 18.0 Å². The third-order valence-corrected chi connectivity index (χ3v) is 5.55. The van der Waals surface area contributed by atoms with Gasteiger partial charge in [0.25, 0.3) is 5.91 Å². The number of carbonyl (C=O) groups excluding carboxylic acids is 1. The lowest BCUT2D eigenvalue weighted by Crippen LogP contribution is -2.51. The van der Waals surface area contributed by atoms with Crippen LogP contribution in [0.3, 0.4) is 0 Å². The number of morpholine rings is 1. The molecule has 1 amide bonds. The molecule has 3 heterocycles. The van der Waals surface area contributed by atoms with Crippen LogP contribution in [0, 0.1) is 12.7 Å². The van der Waals surface area contributed by atoms with E-state index in [2.05, 4.69) is 9.97 Å². The summed E-state index contributed by atoms with van der Waals surface area (Å²) in [5.41, 5.74) is 2.52. The Morgan fingerprint density at radius 3 is 2.67 bits per heavy atom.